The van der Waals surface area contributed by atoms with Crippen LogP contribution in [0, 0.1) is 6.92 Å². The number of fused-ring (bicyclic) bond motifs is 1. The van der Waals surface area contributed by atoms with Crippen molar-refractivity contribution in [3.8, 4) is 11.5 Å². The standard InChI is InChI=1S/C27H26N2O4/c1-16(2)21-14-9-17(3)15-24(21)33-20-12-10-19(11-13-20)28-25(30)18(4)29-26(31)22-7-5-6-8-23(22)27(29)32/h5-16,18H,1-4H3,(H,28,30)/t18-/m0/s1. The van der Waals surface area contributed by atoms with Gasteiger partial charge in [0, 0.05) is 5.69 Å². The molecule has 3 amide bonds. The molecular weight excluding hydrogens is 416 g/mol. The smallest absolute Gasteiger partial charge is 0.262 e. The second-order valence-electron chi connectivity index (χ2n) is 8.51. The summed E-state index contributed by atoms with van der Waals surface area (Å²) < 4.78 is 6.09. The van der Waals surface area contributed by atoms with Crippen molar-refractivity contribution in [3.63, 3.8) is 0 Å². The first-order valence-electron chi connectivity index (χ1n) is 10.9. The molecule has 1 aliphatic rings. The highest BCUT2D eigenvalue weighted by Crippen LogP contribution is 2.32. The van der Waals surface area contributed by atoms with Crippen molar-refractivity contribution >= 4 is 23.4 Å². The number of nitrogens with one attached hydrogen (secondary N) is 1. The molecule has 0 unspecified atom stereocenters. The van der Waals surface area contributed by atoms with E-state index >= 15 is 0 Å². The zero-order valence-electron chi connectivity index (χ0n) is 19.1. The van der Waals surface area contributed by atoms with Crippen molar-refractivity contribution in [2.75, 3.05) is 5.32 Å². The number of carbonyl (C=O) groups excluding carboxylic acids is 3. The van der Waals surface area contributed by atoms with Crippen LogP contribution in [0.15, 0.2) is 66.7 Å². The van der Waals surface area contributed by atoms with Gasteiger partial charge in [-0.25, -0.2) is 0 Å². The molecule has 0 saturated heterocycles. The summed E-state index contributed by atoms with van der Waals surface area (Å²) in [7, 11) is 0. The molecule has 0 spiro atoms. The molecule has 4 rings (SSSR count). The van der Waals surface area contributed by atoms with Crippen LogP contribution in [0.3, 0.4) is 0 Å². The Morgan fingerprint density at radius 2 is 1.48 bits per heavy atom. The van der Waals surface area contributed by atoms with Gasteiger partial charge in [0.1, 0.15) is 17.5 Å². The first-order valence-corrected chi connectivity index (χ1v) is 10.9. The summed E-state index contributed by atoms with van der Waals surface area (Å²) >= 11 is 0. The molecule has 0 saturated carbocycles. The van der Waals surface area contributed by atoms with E-state index in [2.05, 4.69) is 31.3 Å². The number of anilines is 1. The molecule has 0 fully saturated rings. The lowest BCUT2D eigenvalue weighted by molar-refractivity contribution is -0.119. The number of hydrogen-bond donors (Lipinski definition) is 1. The molecule has 0 aromatic heterocycles. The minimum Gasteiger partial charge on any atom is -0.457 e. The van der Waals surface area contributed by atoms with Gasteiger partial charge in [0.05, 0.1) is 11.1 Å². The summed E-state index contributed by atoms with van der Waals surface area (Å²) in [5.74, 6) is 0.416. The van der Waals surface area contributed by atoms with Crippen LogP contribution in [0.5, 0.6) is 11.5 Å². The number of rotatable bonds is 6. The zero-order chi connectivity index (χ0) is 23.7. The van der Waals surface area contributed by atoms with Crippen molar-refractivity contribution < 1.29 is 19.1 Å². The number of benzene rings is 3. The summed E-state index contributed by atoms with van der Waals surface area (Å²) in [5, 5.41) is 2.78. The Morgan fingerprint density at radius 1 is 0.879 bits per heavy atom. The Bertz CT molecular complexity index is 1200. The Balaban J connectivity index is 1.45. The highest BCUT2D eigenvalue weighted by atomic mass is 16.5. The third-order valence-electron chi connectivity index (χ3n) is 5.73. The fraction of sp³-hybridized carbons (Fsp3) is 0.222. The van der Waals surface area contributed by atoms with Gasteiger partial charge in [-0.2, -0.15) is 0 Å². The van der Waals surface area contributed by atoms with E-state index in [1.807, 2.05) is 13.0 Å². The van der Waals surface area contributed by atoms with E-state index in [0.29, 0.717) is 28.5 Å². The molecule has 0 aliphatic carbocycles. The molecular formula is C27H26N2O4. The maximum atomic E-state index is 12.8. The van der Waals surface area contributed by atoms with E-state index in [9.17, 15) is 14.4 Å². The van der Waals surface area contributed by atoms with Crippen LogP contribution in [0.4, 0.5) is 5.69 Å². The van der Waals surface area contributed by atoms with Gasteiger partial charge in [-0.15, -0.1) is 0 Å². The summed E-state index contributed by atoms with van der Waals surface area (Å²) in [6.07, 6.45) is 0. The molecule has 3 aromatic carbocycles. The number of nitrogens with zero attached hydrogens (tertiary/aromatic N) is 1. The van der Waals surface area contributed by atoms with Gasteiger partial charge in [0.25, 0.3) is 11.8 Å². The molecule has 1 heterocycles. The van der Waals surface area contributed by atoms with Crippen molar-refractivity contribution in [1.82, 2.24) is 4.90 Å². The van der Waals surface area contributed by atoms with Crippen molar-refractivity contribution in [2.24, 2.45) is 0 Å². The Kier molecular flexibility index (Phi) is 6.01. The predicted molar refractivity (Wildman–Crippen MR) is 127 cm³/mol. The molecule has 6 heteroatoms. The van der Waals surface area contributed by atoms with Gasteiger partial charge in [0.15, 0.2) is 0 Å². The molecule has 1 N–H and O–H groups in total. The SMILES string of the molecule is Cc1ccc(C(C)C)c(Oc2ccc(NC(=O)[C@H](C)N3C(=O)c4ccccc4C3=O)cc2)c1. The van der Waals surface area contributed by atoms with Crippen molar-refractivity contribution in [2.45, 2.75) is 39.7 Å². The van der Waals surface area contributed by atoms with Gasteiger partial charge in [-0.3, -0.25) is 19.3 Å². The quantitative estimate of drug-likeness (QED) is 0.509. The summed E-state index contributed by atoms with van der Waals surface area (Å²) in [5.41, 5.74) is 3.42. The molecule has 3 aromatic rings. The van der Waals surface area contributed by atoms with Gasteiger partial charge >= 0.3 is 0 Å². The van der Waals surface area contributed by atoms with E-state index in [0.717, 1.165) is 21.8 Å². The lowest BCUT2D eigenvalue weighted by Crippen LogP contribution is -2.45. The van der Waals surface area contributed by atoms with Crippen LogP contribution in [0.25, 0.3) is 0 Å². The number of aryl methyl sites for hydroxylation is 1. The minimum atomic E-state index is -0.950. The van der Waals surface area contributed by atoms with Gasteiger partial charge < -0.3 is 10.1 Å². The van der Waals surface area contributed by atoms with Crippen molar-refractivity contribution in [3.05, 3.63) is 89.0 Å². The summed E-state index contributed by atoms with van der Waals surface area (Å²) in [6.45, 7) is 7.79. The van der Waals surface area contributed by atoms with Crippen LogP contribution in [-0.2, 0) is 4.79 Å². The number of hydrogen-bond acceptors (Lipinski definition) is 4. The molecule has 0 bridgehead atoms. The van der Waals surface area contributed by atoms with E-state index in [1.54, 1.807) is 55.5 Å². The maximum Gasteiger partial charge on any atom is 0.262 e. The lowest BCUT2D eigenvalue weighted by atomic mass is 10.0. The third-order valence-corrected chi connectivity index (χ3v) is 5.73. The summed E-state index contributed by atoms with van der Waals surface area (Å²) in [4.78, 5) is 39.1. The normalized spacial score (nSPS) is 13.8. The Hall–Kier alpha value is -3.93. The fourth-order valence-corrected chi connectivity index (χ4v) is 3.86. The second-order valence-corrected chi connectivity index (χ2v) is 8.51. The number of amides is 3. The van der Waals surface area contributed by atoms with E-state index in [-0.39, 0.29) is 0 Å². The van der Waals surface area contributed by atoms with Crippen LogP contribution in [-0.4, -0.2) is 28.7 Å². The second kappa shape index (κ2) is 8.90. The molecule has 168 valence electrons. The Labute approximate surface area is 193 Å². The molecule has 33 heavy (non-hydrogen) atoms. The molecule has 1 aliphatic heterocycles. The average Bonchev–Trinajstić information content (AvgIpc) is 3.04. The predicted octanol–water partition coefficient (Wildman–Crippen LogP) is 5.53. The average molecular weight is 443 g/mol. The highest BCUT2D eigenvalue weighted by molar-refractivity contribution is 6.23. The monoisotopic (exact) mass is 442 g/mol. The van der Waals surface area contributed by atoms with Crippen LogP contribution in [0.2, 0.25) is 0 Å². The minimum absolute atomic E-state index is 0.320. The van der Waals surface area contributed by atoms with Gasteiger partial charge in [-0.1, -0.05) is 38.1 Å². The third kappa shape index (κ3) is 4.37. The van der Waals surface area contributed by atoms with Crippen LogP contribution in [0.1, 0.15) is 58.5 Å². The maximum absolute atomic E-state index is 12.8. The number of ether oxygens (including phenoxy) is 1. The van der Waals surface area contributed by atoms with Gasteiger partial charge in [-0.05, 0) is 73.4 Å². The van der Waals surface area contributed by atoms with E-state index < -0.39 is 23.8 Å². The molecule has 1 atom stereocenters. The van der Waals surface area contributed by atoms with E-state index in [1.165, 1.54) is 0 Å². The molecule has 0 radical (unpaired) electrons. The first-order chi connectivity index (χ1) is 15.8. The first kappa shape index (κ1) is 22.3. The summed E-state index contributed by atoms with van der Waals surface area (Å²) in [6, 6.07) is 18.8. The van der Waals surface area contributed by atoms with E-state index in [4.69, 9.17) is 4.74 Å². The van der Waals surface area contributed by atoms with Crippen LogP contribution >= 0.6 is 0 Å². The van der Waals surface area contributed by atoms with Gasteiger partial charge in [0.2, 0.25) is 5.91 Å². The largest absolute Gasteiger partial charge is 0.457 e. The highest BCUT2D eigenvalue weighted by Gasteiger charge is 2.40. The Morgan fingerprint density at radius 3 is 2.06 bits per heavy atom. The van der Waals surface area contributed by atoms with Crippen LogP contribution < -0.4 is 10.1 Å². The topological polar surface area (TPSA) is 75.7 Å². The van der Waals surface area contributed by atoms with Crippen molar-refractivity contribution in [1.29, 1.82) is 0 Å². The lowest BCUT2D eigenvalue weighted by Gasteiger charge is -2.21. The number of imide groups is 1. The zero-order valence-corrected chi connectivity index (χ0v) is 19.1. The fourth-order valence-electron chi connectivity index (χ4n) is 3.86. The molecule has 6 nitrogen and oxygen atoms in total. The number of carbonyl (C=O) groups is 3.